The molecule has 0 radical (unpaired) electrons. The summed E-state index contributed by atoms with van der Waals surface area (Å²) in [6.07, 6.45) is 3.77. The number of para-hydroxylation sites is 1. The van der Waals surface area contributed by atoms with Gasteiger partial charge >= 0.3 is 0 Å². The Balaban J connectivity index is 1.52. The second kappa shape index (κ2) is 10.1. The average molecular weight is 518 g/mol. The highest BCUT2D eigenvalue weighted by Gasteiger charge is 2.29. The standard InChI is InChI=1S/C27H20ClN3O2S2/c1-30-26(32)24(35-27(30)34)15-20-16-31(21-10-3-2-4-11-21)29-25(20)18-9-7-12-22(14-18)33-17-19-8-5-6-13-23(19)28/h2-16H,17H2,1H3. The van der Waals surface area contributed by atoms with Crippen LogP contribution in [0.1, 0.15) is 11.1 Å². The van der Waals surface area contributed by atoms with Gasteiger partial charge in [0.15, 0.2) is 0 Å². The molecular formula is C27H20ClN3O2S2. The van der Waals surface area contributed by atoms with Crippen molar-refractivity contribution in [2.24, 2.45) is 0 Å². The molecule has 0 N–H and O–H groups in total. The molecule has 1 aliphatic rings. The molecule has 1 aliphatic heterocycles. The molecule has 0 aliphatic carbocycles. The van der Waals surface area contributed by atoms with Crippen LogP contribution in [-0.4, -0.2) is 32.0 Å². The van der Waals surface area contributed by atoms with Gasteiger partial charge in [0.05, 0.1) is 10.6 Å². The van der Waals surface area contributed by atoms with Crippen molar-refractivity contribution in [2.75, 3.05) is 7.05 Å². The predicted molar refractivity (Wildman–Crippen MR) is 146 cm³/mol. The molecule has 1 amide bonds. The number of rotatable bonds is 6. The number of thioether (sulfide) groups is 1. The first kappa shape index (κ1) is 23.4. The number of halogens is 1. The van der Waals surface area contributed by atoms with Gasteiger partial charge in [0.1, 0.15) is 22.4 Å². The fraction of sp³-hybridized carbons (Fsp3) is 0.0741. The van der Waals surface area contributed by atoms with Gasteiger partial charge in [0.25, 0.3) is 5.91 Å². The Labute approximate surface area is 218 Å². The predicted octanol–water partition coefficient (Wildman–Crippen LogP) is 6.60. The first-order valence-electron chi connectivity index (χ1n) is 10.8. The number of hydrogen-bond donors (Lipinski definition) is 0. The molecule has 3 aromatic carbocycles. The van der Waals surface area contributed by atoms with Crippen LogP contribution in [0, 0.1) is 0 Å². The van der Waals surface area contributed by atoms with E-state index in [9.17, 15) is 4.79 Å². The lowest BCUT2D eigenvalue weighted by Gasteiger charge is -2.09. The van der Waals surface area contributed by atoms with Crippen LogP contribution < -0.4 is 4.74 Å². The highest BCUT2D eigenvalue weighted by Crippen LogP contribution is 2.35. The smallest absolute Gasteiger partial charge is 0.265 e. The van der Waals surface area contributed by atoms with Crippen molar-refractivity contribution in [3.8, 4) is 22.7 Å². The monoisotopic (exact) mass is 517 g/mol. The van der Waals surface area contributed by atoms with Crippen molar-refractivity contribution in [1.29, 1.82) is 0 Å². The lowest BCUT2D eigenvalue weighted by atomic mass is 10.1. The highest BCUT2D eigenvalue weighted by molar-refractivity contribution is 8.26. The number of carbonyl (C=O) groups excluding carboxylic acids is 1. The zero-order valence-electron chi connectivity index (χ0n) is 18.7. The van der Waals surface area contributed by atoms with E-state index in [2.05, 4.69) is 0 Å². The minimum absolute atomic E-state index is 0.116. The topological polar surface area (TPSA) is 47.4 Å². The van der Waals surface area contributed by atoms with Crippen molar-refractivity contribution in [3.63, 3.8) is 0 Å². The SMILES string of the molecule is CN1C(=O)C(=Cc2cn(-c3ccccc3)nc2-c2cccc(OCc3ccccc3Cl)c2)SC1=S. The van der Waals surface area contributed by atoms with Crippen LogP contribution in [0.2, 0.25) is 5.02 Å². The summed E-state index contributed by atoms with van der Waals surface area (Å²) in [6, 6.07) is 25.2. The van der Waals surface area contributed by atoms with Crippen molar-refractivity contribution >= 4 is 51.9 Å². The number of ether oxygens (including phenoxy) is 1. The lowest BCUT2D eigenvalue weighted by Crippen LogP contribution is -2.22. The van der Waals surface area contributed by atoms with Crippen LogP contribution >= 0.6 is 35.6 Å². The lowest BCUT2D eigenvalue weighted by molar-refractivity contribution is -0.121. The van der Waals surface area contributed by atoms with Gasteiger partial charge in [-0.25, -0.2) is 4.68 Å². The normalized spacial score (nSPS) is 14.7. The maximum atomic E-state index is 12.6. The maximum absolute atomic E-state index is 12.6. The molecule has 1 fully saturated rings. The Morgan fingerprint density at radius 1 is 1.06 bits per heavy atom. The van der Waals surface area contributed by atoms with E-state index in [1.54, 1.807) is 7.05 Å². The molecule has 35 heavy (non-hydrogen) atoms. The fourth-order valence-electron chi connectivity index (χ4n) is 3.63. The summed E-state index contributed by atoms with van der Waals surface area (Å²) in [4.78, 5) is 14.7. The molecule has 1 saturated heterocycles. The van der Waals surface area contributed by atoms with Crippen molar-refractivity contribution in [3.05, 3.63) is 106 Å². The van der Waals surface area contributed by atoms with E-state index >= 15 is 0 Å². The van der Waals surface area contributed by atoms with E-state index in [-0.39, 0.29) is 5.91 Å². The van der Waals surface area contributed by atoms with E-state index in [0.29, 0.717) is 26.6 Å². The van der Waals surface area contributed by atoms with E-state index in [1.165, 1.54) is 16.7 Å². The second-order valence-electron chi connectivity index (χ2n) is 7.86. The molecule has 0 unspecified atom stereocenters. The largest absolute Gasteiger partial charge is 0.489 e. The molecule has 5 nitrogen and oxygen atoms in total. The Hall–Kier alpha value is -3.39. The summed E-state index contributed by atoms with van der Waals surface area (Å²) in [5.41, 5.74) is 4.25. The Kier molecular flexibility index (Phi) is 6.72. The van der Waals surface area contributed by atoms with Gasteiger partial charge in [-0.15, -0.1) is 0 Å². The number of carbonyl (C=O) groups is 1. The summed E-state index contributed by atoms with van der Waals surface area (Å²) in [7, 11) is 1.69. The number of benzene rings is 3. The molecule has 8 heteroatoms. The minimum Gasteiger partial charge on any atom is -0.489 e. The number of likely N-dealkylation sites (N-methyl/N-ethyl adjacent to an activating group) is 1. The van der Waals surface area contributed by atoms with Crippen molar-refractivity contribution in [2.45, 2.75) is 6.61 Å². The van der Waals surface area contributed by atoms with Crippen LogP contribution in [0.5, 0.6) is 5.75 Å². The molecule has 0 bridgehead atoms. The Morgan fingerprint density at radius 3 is 2.57 bits per heavy atom. The van der Waals surface area contributed by atoms with Crippen LogP contribution in [0.4, 0.5) is 0 Å². The molecule has 0 atom stereocenters. The average Bonchev–Trinajstić information content (AvgIpc) is 3.41. The van der Waals surface area contributed by atoms with Crippen molar-refractivity contribution in [1.82, 2.24) is 14.7 Å². The third-order valence-electron chi connectivity index (χ3n) is 5.50. The highest BCUT2D eigenvalue weighted by atomic mass is 35.5. The van der Waals surface area contributed by atoms with Gasteiger partial charge in [-0.1, -0.05) is 84.1 Å². The molecule has 2 heterocycles. The van der Waals surface area contributed by atoms with Crippen molar-refractivity contribution < 1.29 is 9.53 Å². The molecule has 4 aromatic rings. The van der Waals surface area contributed by atoms with Crippen LogP contribution in [0.3, 0.4) is 0 Å². The molecule has 0 spiro atoms. The fourth-order valence-corrected chi connectivity index (χ4v) is 4.99. The van der Waals surface area contributed by atoms with E-state index < -0.39 is 0 Å². The summed E-state index contributed by atoms with van der Waals surface area (Å²) in [5.74, 6) is 0.581. The van der Waals surface area contributed by atoms with Gasteiger partial charge in [0.2, 0.25) is 0 Å². The molecule has 0 saturated carbocycles. The summed E-state index contributed by atoms with van der Waals surface area (Å²) in [5, 5.41) is 5.53. The number of thiocarbonyl (C=S) groups is 1. The molecule has 1 aromatic heterocycles. The first-order valence-corrected chi connectivity index (χ1v) is 12.4. The summed E-state index contributed by atoms with van der Waals surface area (Å²) < 4.78 is 8.37. The van der Waals surface area contributed by atoms with Gasteiger partial charge in [0, 0.05) is 35.0 Å². The minimum atomic E-state index is -0.116. The molecule has 5 rings (SSSR count). The Morgan fingerprint density at radius 2 is 1.83 bits per heavy atom. The van der Waals surface area contributed by atoms with Gasteiger partial charge in [-0.3, -0.25) is 9.69 Å². The van der Waals surface area contributed by atoms with Gasteiger partial charge in [-0.05, 0) is 36.4 Å². The van der Waals surface area contributed by atoms with Crippen LogP contribution in [0.25, 0.3) is 23.0 Å². The third kappa shape index (κ3) is 5.03. The maximum Gasteiger partial charge on any atom is 0.265 e. The zero-order valence-corrected chi connectivity index (χ0v) is 21.1. The van der Waals surface area contributed by atoms with E-state index in [0.717, 1.165) is 28.1 Å². The summed E-state index contributed by atoms with van der Waals surface area (Å²) in [6.45, 7) is 0.355. The third-order valence-corrected chi connectivity index (χ3v) is 7.35. The number of hydrogen-bond acceptors (Lipinski definition) is 5. The first-order chi connectivity index (χ1) is 17.0. The van der Waals surface area contributed by atoms with Gasteiger partial charge < -0.3 is 4.74 Å². The number of amides is 1. The second-order valence-corrected chi connectivity index (χ2v) is 9.94. The zero-order chi connectivity index (χ0) is 24.4. The quantitative estimate of drug-likeness (QED) is 0.213. The van der Waals surface area contributed by atoms with Crippen LogP contribution in [-0.2, 0) is 11.4 Å². The number of aromatic nitrogens is 2. The van der Waals surface area contributed by atoms with E-state index in [1.807, 2.05) is 95.8 Å². The van der Waals surface area contributed by atoms with Gasteiger partial charge in [-0.2, -0.15) is 5.10 Å². The van der Waals surface area contributed by atoms with E-state index in [4.69, 9.17) is 33.7 Å². The summed E-state index contributed by atoms with van der Waals surface area (Å²) >= 11 is 12.9. The molecule has 174 valence electrons. The number of nitrogens with zero attached hydrogens (tertiary/aromatic N) is 3. The molecular weight excluding hydrogens is 498 g/mol. The Bertz CT molecular complexity index is 1450. The van der Waals surface area contributed by atoms with Crippen LogP contribution in [0.15, 0.2) is 90.0 Å².